The summed E-state index contributed by atoms with van der Waals surface area (Å²) < 4.78 is 6.86. The van der Waals surface area contributed by atoms with E-state index in [9.17, 15) is 0 Å². The Morgan fingerprint density at radius 3 is 1.99 bits per heavy atom. The summed E-state index contributed by atoms with van der Waals surface area (Å²) in [7, 11) is 0. The molecule has 2 unspecified atom stereocenters. The van der Waals surface area contributed by atoms with E-state index in [-0.39, 0.29) is 28.6 Å². The standard InChI is InChI=1S/C63H64BN3O/c1-9-10-21-41-33-51-59-52(34-41)64-58-48(35-44(36-55(58)66(59)63(8)29-20-19-28-62(51,63)7)65(42-22-13-11-14-23-42)43-24-15-12-16-25-43)46-38-57-47(45-26-17-18-27-56(45)68-57)37-54(46)67(64)53-39-50-49(32-40(53)2)60(3,4)30-31-61(50,5)6/h11-18,22-27,32-39H,9-10,19-21,28-31H2,1-8H3. The van der Waals surface area contributed by atoms with E-state index < -0.39 is 0 Å². The van der Waals surface area contributed by atoms with Crippen LogP contribution in [0, 0.1) is 6.92 Å². The van der Waals surface area contributed by atoms with Gasteiger partial charge in [0.2, 0.25) is 0 Å². The predicted octanol–water partition coefficient (Wildman–Crippen LogP) is 16.0. The number of para-hydroxylation sites is 3. The second kappa shape index (κ2) is 14.7. The number of hydrogen-bond donors (Lipinski definition) is 0. The van der Waals surface area contributed by atoms with Gasteiger partial charge in [-0.05, 0) is 168 Å². The van der Waals surface area contributed by atoms with Crippen molar-refractivity contribution in [1.29, 1.82) is 0 Å². The number of unbranched alkanes of at least 4 members (excludes halogenated alkanes) is 1. The maximum Gasteiger partial charge on any atom is 0.333 e. The molecule has 0 radical (unpaired) electrons. The van der Waals surface area contributed by atoms with Crippen molar-refractivity contribution in [3.63, 3.8) is 0 Å². The van der Waals surface area contributed by atoms with Crippen molar-refractivity contribution in [2.45, 2.75) is 135 Å². The Morgan fingerprint density at radius 2 is 1.26 bits per heavy atom. The summed E-state index contributed by atoms with van der Waals surface area (Å²) in [6, 6.07) is 51.2. The van der Waals surface area contributed by atoms with Crippen LogP contribution in [-0.2, 0) is 22.7 Å². The van der Waals surface area contributed by atoms with E-state index in [1.807, 2.05) is 0 Å². The molecule has 0 amide bonds. The first-order valence-corrected chi connectivity index (χ1v) is 25.8. The number of furan rings is 1. The molecule has 0 saturated heterocycles. The molecular weight excluding hydrogens is 826 g/mol. The normalized spacial score (nSPS) is 21.3. The van der Waals surface area contributed by atoms with E-state index in [2.05, 4.69) is 203 Å². The molecule has 5 aliphatic rings. The Hall–Kier alpha value is -6.20. The van der Waals surface area contributed by atoms with Crippen molar-refractivity contribution in [3.8, 4) is 11.1 Å². The van der Waals surface area contributed by atoms with Gasteiger partial charge >= 0.3 is 6.85 Å². The molecule has 0 spiro atoms. The van der Waals surface area contributed by atoms with Crippen molar-refractivity contribution in [2.24, 2.45) is 0 Å². The van der Waals surface area contributed by atoms with Gasteiger partial charge in [0.05, 0.1) is 5.54 Å². The Labute approximate surface area is 404 Å². The highest BCUT2D eigenvalue weighted by molar-refractivity contribution is 6.93. The molecule has 4 nitrogen and oxygen atoms in total. The molecule has 340 valence electrons. The third-order valence-electron chi connectivity index (χ3n) is 18.1. The quantitative estimate of drug-likeness (QED) is 0.149. The molecular formula is C63H64BN3O. The van der Waals surface area contributed by atoms with Gasteiger partial charge in [0.25, 0.3) is 0 Å². The van der Waals surface area contributed by atoms with Crippen LogP contribution >= 0.6 is 0 Å². The predicted molar refractivity (Wildman–Crippen MR) is 289 cm³/mol. The van der Waals surface area contributed by atoms with Crippen molar-refractivity contribution in [2.75, 3.05) is 14.6 Å². The third kappa shape index (κ3) is 5.74. The molecule has 5 heteroatoms. The highest BCUT2D eigenvalue weighted by Crippen LogP contribution is 2.63. The maximum absolute atomic E-state index is 6.86. The molecule has 7 aromatic carbocycles. The van der Waals surface area contributed by atoms with Crippen LogP contribution in [0.2, 0.25) is 0 Å². The van der Waals surface area contributed by atoms with Crippen LogP contribution in [0.15, 0.2) is 138 Å². The molecule has 1 saturated carbocycles. The minimum atomic E-state index is -0.113. The van der Waals surface area contributed by atoms with Crippen LogP contribution in [0.3, 0.4) is 0 Å². The zero-order valence-corrected chi connectivity index (χ0v) is 41.4. The number of aryl methyl sites for hydroxylation is 2. The fourth-order valence-electron chi connectivity index (χ4n) is 14.1. The first-order valence-electron chi connectivity index (χ1n) is 25.8. The minimum absolute atomic E-state index is 0.0137. The molecule has 13 rings (SSSR count). The second-order valence-corrected chi connectivity index (χ2v) is 23.0. The summed E-state index contributed by atoms with van der Waals surface area (Å²) in [5.74, 6) is 0. The van der Waals surface area contributed by atoms with E-state index in [1.165, 1.54) is 123 Å². The number of fused-ring (bicyclic) bond motifs is 11. The summed E-state index contributed by atoms with van der Waals surface area (Å²) >= 11 is 0. The van der Waals surface area contributed by atoms with Gasteiger partial charge in [0.1, 0.15) is 11.2 Å². The van der Waals surface area contributed by atoms with Crippen molar-refractivity contribution in [1.82, 2.24) is 0 Å². The van der Waals surface area contributed by atoms with Gasteiger partial charge in [-0.1, -0.05) is 134 Å². The molecule has 2 atom stereocenters. The molecule has 2 aliphatic carbocycles. The van der Waals surface area contributed by atoms with Crippen LogP contribution in [-0.4, -0.2) is 12.4 Å². The highest BCUT2D eigenvalue weighted by atomic mass is 16.3. The Morgan fingerprint density at radius 1 is 0.588 bits per heavy atom. The third-order valence-corrected chi connectivity index (χ3v) is 18.1. The lowest BCUT2D eigenvalue weighted by Gasteiger charge is -2.53. The second-order valence-electron chi connectivity index (χ2n) is 23.0. The number of nitrogens with zero attached hydrogens (tertiary/aromatic N) is 3. The summed E-state index contributed by atoms with van der Waals surface area (Å²) in [6.45, 7) is 19.8. The number of hydrogen-bond acceptors (Lipinski definition) is 4. The maximum atomic E-state index is 6.86. The number of anilines is 7. The average molecular weight is 890 g/mol. The minimum Gasteiger partial charge on any atom is -0.456 e. The summed E-state index contributed by atoms with van der Waals surface area (Å²) in [5.41, 5.74) is 23.6. The molecule has 8 aromatic rings. The number of rotatable bonds is 7. The van der Waals surface area contributed by atoms with Gasteiger partial charge < -0.3 is 19.0 Å². The monoisotopic (exact) mass is 890 g/mol. The van der Waals surface area contributed by atoms with Gasteiger partial charge in [-0.15, -0.1) is 0 Å². The number of benzene rings is 7. The molecule has 1 aromatic heterocycles. The van der Waals surface area contributed by atoms with Crippen LogP contribution in [0.25, 0.3) is 33.1 Å². The molecule has 0 bridgehead atoms. The van der Waals surface area contributed by atoms with Gasteiger partial charge in [-0.3, -0.25) is 0 Å². The molecule has 1 fully saturated rings. The van der Waals surface area contributed by atoms with Gasteiger partial charge in [0.15, 0.2) is 0 Å². The molecule has 4 heterocycles. The fourth-order valence-corrected chi connectivity index (χ4v) is 14.1. The van der Waals surface area contributed by atoms with Gasteiger partial charge in [-0.25, -0.2) is 0 Å². The lowest BCUT2D eigenvalue weighted by molar-refractivity contribution is 0.195. The van der Waals surface area contributed by atoms with Crippen molar-refractivity contribution >= 4 is 79.5 Å². The van der Waals surface area contributed by atoms with Crippen LogP contribution < -0.4 is 25.5 Å². The van der Waals surface area contributed by atoms with E-state index in [0.717, 1.165) is 40.8 Å². The zero-order chi connectivity index (χ0) is 46.5. The van der Waals surface area contributed by atoms with Crippen LogP contribution in [0.5, 0.6) is 0 Å². The van der Waals surface area contributed by atoms with E-state index in [0.29, 0.717) is 0 Å². The molecule has 0 N–H and O–H groups in total. The summed E-state index contributed by atoms with van der Waals surface area (Å²) in [6.07, 6.45) is 10.7. The van der Waals surface area contributed by atoms with Crippen LogP contribution in [0.4, 0.5) is 39.8 Å². The van der Waals surface area contributed by atoms with E-state index >= 15 is 0 Å². The Bertz CT molecular complexity index is 3330. The topological polar surface area (TPSA) is 22.9 Å². The first kappa shape index (κ1) is 41.9. The smallest absolute Gasteiger partial charge is 0.333 e. The SMILES string of the molecule is CCCCc1cc2c3c(c1)C1(C)CCCCC1(C)N3c1cc(N(c3ccccc3)c3ccccc3)cc3c1B2N(c1cc2c(cc1C)C(C)(C)CCC2(C)C)c1cc2c(cc1-3)oc1ccccc12. The van der Waals surface area contributed by atoms with Gasteiger partial charge in [-0.2, -0.15) is 0 Å². The lowest BCUT2D eigenvalue weighted by atomic mass is 9.43. The Balaban J connectivity index is 1.19. The Kier molecular flexibility index (Phi) is 9.04. The van der Waals surface area contributed by atoms with Crippen molar-refractivity contribution < 1.29 is 4.42 Å². The first-order chi connectivity index (χ1) is 32.8. The highest BCUT2D eigenvalue weighted by Gasteiger charge is 2.62. The zero-order valence-electron chi connectivity index (χ0n) is 41.4. The molecule has 3 aliphatic heterocycles. The summed E-state index contributed by atoms with van der Waals surface area (Å²) in [5, 5.41) is 2.33. The fraction of sp³-hybridized carbons (Fsp3) is 0.333. The van der Waals surface area contributed by atoms with Gasteiger partial charge in [0, 0.05) is 61.6 Å². The largest absolute Gasteiger partial charge is 0.456 e. The van der Waals surface area contributed by atoms with Crippen molar-refractivity contribution in [3.05, 3.63) is 161 Å². The average Bonchev–Trinajstić information content (AvgIpc) is 3.80. The molecule has 68 heavy (non-hydrogen) atoms. The summed E-state index contributed by atoms with van der Waals surface area (Å²) in [4.78, 5) is 8.21. The lowest BCUT2D eigenvalue weighted by Crippen LogP contribution is -2.64. The van der Waals surface area contributed by atoms with E-state index in [1.54, 1.807) is 5.56 Å². The van der Waals surface area contributed by atoms with Crippen LogP contribution in [0.1, 0.15) is 128 Å². The van der Waals surface area contributed by atoms with E-state index in [4.69, 9.17) is 4.42 Å².